The number of carbonyl (C=O) groups is 1. The Morgan fingerprint density at radius 2 is 2.05 bits per heavy atom. The maximum absolute atomic E-state index is 11.5. The zero-order valence-electron chi connectivity index (χ0n) is 11.3. The van der Waals surface area contributed by atoms with Gasteiger partial charge in [0, 0.05) is 19.6 Å². The fourth-order valence-electron chi connectivity index (χ4n) is 2.79. The Balaban J connectivity index is 1.61. The van der Waals surface area contributed by atoms with Gasteiger partial charge in [0.1, 0.15) is 6.61 Å². The van der Waals surface area contributed by atoms with Crippen LogP contribution in [-0.4, -0.2) is 63.5 Å². The average molecular weight is 286 g/mol. The lowest BCUT2D eigenvalue weighted by Crippen LogP contribution is -2.52. The Labute approximate surface area is 120 Å². The summed E-state index contributed by atoms with van der Waals surface area (Å²) in [5.74, 6) is 0.695. The second-order valence-electron chi connectivity index (χ2n) is 5.10. The quantitative estimate of drug-likeness (QED) is 0.790. The lowest BCUT2D eigenvalue weighted by atomic mass is 10.2. The van der Waals surface area contributed by atoms with Gasteiger partial charge in [0.25, 0.3) is 5.95 Å². The molecule has 0 aliphatic carbocycles. The Bertz CT molecular complexity index is 658. The third-order valence-electron chi connectivity index (χ3n) is 3.85. The van der Waals surface area contributed by atoms with Gasteiger partial charge >= 0.3 is 6.09 Å². The van der Waals surface area contributed by atoms with E-state index < -0.39 is 0 Å². The Kier molecular flexibility index (Phi) is 2.73. The first kappa shape index (κ1) is 12.1. The minimum atomic E-state index is -0.220. The first-order chi connectivity index (χ1) is 10.3. The van der Waals surface area contributed by atoms with Crippen LogP contribution in [0.15, 0.2) is 30.3 Å². The first-order valence-electron chi connectivity index (χ1n) is 6.85. The number of carbonyl (C=O) groups excluding carboxylic acids is 1. The van der Waals surface area contributed by atoms with Crippen molar-refractivity contribution in [2.75, 3.05) is 31.1 Å². The maximum atomic E-state index is 11.5. The molecule has 0 radical (unpaired) electrons. The zero-order chi connectivity index (χ0) is 14.2. The van der Waals surface area contributed by atoms with E-state index >= 15 is 0 Å². The summed E-state index contributed by atoms with van der Waals surface area (Å²) < 4.78 is 6.80. The fourth-order valence-corrected chi connectivity index (χ4v) is 2.79. The number of aromatic nitrogens is 4. The van der Waals surface area contributed by atoms with Crippen LogP contribution in [0.4, 0.5) is 10.7 Å². The van der Waals surface area contributed by atoms with Gasteiger partial charge in [0.15, 0.2) is 0 Å². The summed E-state index contributed by atoms with van der Waals surface area (Å²) in [6.07, 6.45) is -0.220. The van der Waals surface area contributed by atoms with Crippen LogP contribution in [-0.2, 0) is 4.74 Å². The van der Waals surface area contributed by atoms with Crippen LogP contribution in [0.2, 0.25) is 0 Å². The summed E-state index contributed by atoms with van der Waals surface area (Å²) in [6.45, 7) is 2.44. The summed E-state index contributed by atoms with van der Waals surface area (Å²) in [4.78, 5) is 15.4. The highest BCUT2D eigenvalue weighted by molar-refractivity contribution is 5.70. The van der Waals surface area contributed by atoms with Crippen molar-refractivity contribution in [2.45, 2.75) is 6.04 Å². The highest BCUT2D eigenvalue weighted by Crippen LogP contribution is 2.22. The third kappa shape index (κ3) is 1.99. The molecule has 2 aliphatic heterocycles. The topological polar surface area (TPSA) is 76.4 Å². The van der Waals surface area contributed by atoms with Gasteiger partial charge in [-0.15, -0.1) is 0 Å². The molecular weight excluding hydrogens is 272 g/mol. The van der Waals surface area contributed by atoms with Crippen LogP contribution < -0.4 is 4.90 Å². The molecule has 1 aromatic heterocycles. The van der Waals surface area contributed by atoms with Gasteiger partial charge in [-0.25, -0.2) is 4.79 Å². The molecular formula is C13H14N6O2. The fraction of sp³-hybridized carbons (Fsp3) is 0.385. The lowest BCUT2D eigenvalue weighted by molar-refractivity contribution is 0.157. The zero-order valence-corrected chi connectivity index (χ0v) is 11.3. The largest absolute Gasteiger partial charge is 0.447 e. The molecule has 2 aromatic rings. The van der Waals surface area contributed by atoms with Gasteiger partial charge in [-0.2, -0.15) is 4.68 Å². The molecule has 8 heteroatoms. The Hall–Kier alpha value is -2.64. The molecule has 3 heterocycles. The summed E-state index contributed by atoms with van der Waals surface area (Å²) in [5.41, 5.74) is 0.915. The Morgan fingerprint density at radius 1 is 1.19 bits per heavy atom. The second-order valence-corrected chi connectivity index (χ2v) is 5.10. The smallest absolute Gasteiger partial charge is 0.410 e. The van der Waals surface area contributed by atoms with Gasteiger partial charge in [0.2, 0.25) is 0 Å². The molecule has 1 amide bonds. The summed E-state index contributed by atoms with van der Waals surface area (Å²) in [7, 11) is 0. The van der Waals surface area contributed by atoms with Gasteiger partial charge in [0.05, 0.1) is 11.7 Å². The standard InChI is InChI=1S/C13H14N6O2/c20-13-18-7-6-17(8-11(18)9-21-13)12-14-15-16-19(12)10-4-2-1-3-5-10/h1-5,11H,6-9H2. The van der Waals surface area contributed by atoms with Crippen molar-refractivity contribution in [1.29, 1.82) is 0 Å². The van der Waals surface area contributed by atoms with E-state index in [1.54, 1.807) is 9.58 Å². The number of ether oxygens (including phenoxy) is 1. The molecule has 108 valence electrons. The molecule has 0 spiro atoms. The predicted molar refractivity (Wildman–Crippen MR) is 73.2 cm³/mol. The number of rotatable bonds is 2. The van der Waals surface area contributed by atoms with Crippen LogP contribution in [0.5, 0.6) is 0 Å². The van der Waals surface area contributed by atoms with E-state index in [0.717, 1.165) is 5.69 Å². The van der Waals surface area contributed by atoms with E-state index in [9.17, 15) is 4.79 Å². The maximum Gasteiger partial charge on any atom is 0.410 e. The number of hydrogen-bond donors (Lipinski definition) is 0. The highest BCUT2D eigenvalue weighted by atomic mass is 16.6. The van der Waals surface area contributed by atoms with Gasteiger partial charge in [-0.05, 0) is 22.6 Å². The number of hydrogen-bond acceptors (Lipinski definition) is 6. The van der Waals surface area contributed by atoms with Crippen molar-refractivity contribution in [2.24, 2.45) is 0 Å². The molecule has 2 fully saturated rings. The van der Waals surface area contributed by atoms with E-state index in [1.807, 2.05) is 30.3 Å². The van der Waals surface area contributed by atoms with Crippen LogP contribution >= 0.6 is 0 Å². The molecule has 2 saturated heterocycles. The molecule has 8 nitrogen and oxygen atoms in total. The van der Waals surface area contributed by atoms with E-state index in [0.29, 0.717) is 32.2 Å². The average Bonchev–Trinajstić information content (AvgIpc) is 3.15. The highest BCUT2D eigenvalue weighted by Gasteiger charge is 2.38. The SMILES string of the molecule is O=C1OCC2CN(c3nnnn3-c3ccccc3)CCN12. The van der Waals surface area contributed by atoms with Gasteiger partial charge in [-0.1, -0.05) is 23.3 Å². The number of anilines is 1. The van der Waals surface area contributed by atoms with E-state index in [2.05, 4.69) is 20.4 Å². The number of cyclic esters (lactones) is 1. The number of nitrogens with zero attached hydrogens (tertiary/aromatic N) is 6. The van der Waals surface area contributed by atoms with E-state index in [1.165, 1.54) is 0 Å². The van der Waals surface area contributed by atoms with E-state index in [-0.39, 0.29) is 12.1 Å². The van der Waals surface area contributed by atoms with Crippen LogP contribution in [0.3, 0.4) is 0 Å². The van der Waals surface area contributed by atoms with Crippen molar-refractivity contribution in [3.8, 4) is 5.69 Å². The molecule has 0 N–H and O–H groups in total. The first-order valence-corrected chi connectivity index (χ1v) is 6.85. The molecule has 0 saturated carbocycles. The number of para-hydroxylation sites is 1. The number of benzene rings is 1. The lowest BCUT2D eigenvalue weighted by Gasteiger charge is -2.35. The molecule has 1 atom stereocenters. The number of amides is 1. The van der Waals surface area contributed by atoms with Crippen LogP contribution in [0.1, 0.15) is 0 Å². The molecule has 0 bridgehead atoms. The summed E-state index contributed by atoms with van der Waals surface area (Å²) in [6, 6.07) is 9.83. The molecule has 1 unspecified atom stereocenters. The van der Waals surface area contributed by atoms with E-state index in [4.69, 9.17) is 4.74 Å². The number of tetrazole rings is 1. The predicted octanol–water partition coefficient (Wildman–Crippen LogP) is 0.303. The van der Waals surface area contributed by atoms with Crippen molar-refractivity contribution < 1.29 is 9.53 Å². The molecule has 1 aromatic carbocycles. The third-order valence-corrected chi connectivity index (χ3v) is 3.85. The van der Waals surface area contributed by atoms with Crippen molar-refractivity contribution >= 4 is 12.0 Å². The van der Waals surface area contributed by atoms with Gasteiger partial charge < -0.3 is 9.64 Å². The van der Waals surface area contributed by atoms with Crippen LogP contribution in [0.25, 0.3) is 5.69 Å². The van der Waals surface area contributed by atoms with Crippen LogP contribution in [0, 0.1) is 0 Å². The molecule has 21 heavy (non-hydrogen) atoms. The monoisotopic (exact) mass is 286 g/mol. The normalized spacial score (nSPS) is 21.3. The molecule has 2 aliphatic rings. The minimum Gasteiger partial charge on any atom is -0.447 e. The Morgan fingerprint density at radius 3 is 2.90 bits per heavy atom. The van der Waals surface area contributed by atoms with Gasteiger partial charge in [-0.3, -0.25) is 4.90 Å². The summed E-state index contributed by atoms with van der Waals surface area (Å²) in [5, 5.41) is 12.0. The molecule has 4 rings (SSSR count). The van der Waals surface area contributed by atoms with Crippen molar-refractivity contribution in [1.82, 2.24) is 25.1 Å². The second kappa shape index (κ2) is 4.72. The van der Waals surface area contributed by atoms with Crippen molar-refractivity contribution in [3.63, 3.8) is 0 Å². The number of fused-ring (bicyclic) bond motifs is 1. The minimum absolute atomic E-state index is 0.0761. The number of piperazine rings is 1. The summed E-state index contributed by atoms with van der Waals surface area (Å²) >= 11 is 0. The van der Waals surface area contributed by atoms with Crippen molar-refractivity contribution in [3.05, 3.63) is 30.3 Å².